The van der Waals surface area contributed by atoms with E-state index in [0.717, 1.165) is 15.8 Å². The lowest BCUT2D eigenvalue weighted by molar-refractivity contribution is 0.406. The molecule has 1 N–H and O–H groups in total. The summed E-state index contributed by atoms with van der Waals surface area (Å²) < 4.78 is 18.1. The molecule has 0 aliphatic rings. The average Bonchev–Trinajstić information content (AvgIpc) is 2.26. The molecule has 0 bridgehead atoms. The molecule has 0 saturated heterocycles. The Bertz CT molecular complexity index is 307. The molecule has 4 heteroatoms. The summed E-state index contributed by atoms with van der Waals surface area (Å²) in [5.41, 5.74) is 1.08. The molecule has 1 aromatic carbocycles. The molecule has 0 amide bonds. The first kappa shape index (κ1) is 12.5. The fraction of sp³-hybridized carbons (Fsp3) is 0.455. The first-order valence-corrected chi connectivity index (χ1v) is 5.66. The van der Waals surface area contributed by atoms with Gasteiger partial charge in [-0.1, -0.05) is 22.0 Å². The SMILES string of the molecule is COc1cc(Br)ccc1CNCCCF. The van der Waals surface area contributed by atoms with E-state index in [0.29, 0.717) is 19.5 Å². The normalized spacial score (nSPS) is 10.3. The van der Waals surface area contributed by atoms with Crippen molar-refractivity contribution in [3.05, 3.63) is 28.2 Å². The Kier molecular flexibility index (Phi) is 5.65. The first-order valence-electron chi connectivity index (χ1n) is 4.87. The highest BCUT2D eigenvalue weighted by molar-refractivity contribution is 9.10. The van der Waals surface area contributed by atoms with Gasteiger partial charge in [0.1, 0.15) is 5.75 Å². The van der Waals surface area contributed by atoms with Crippen LogP contribution in [0.5, 0.6) is 5.75 Å². The molecule has 0 aliphatic heterocycles. The number of hydrogen-bond donors (Lipinski definition) is 1. The quantitative estimate of drug-likeness (QED) is 0.807. The first-order chi connectivity index (χ1) is 7.27. The molecule has 15 heavy (non-hydrogen) atoms. The van der Waals surface area contributed by atoms with Crippen LogP contribution in [0.25, 0.3) is 0 Å². The van der Waals surface area contributed by atoms with Crippen molar-refractivity contribution in [3.8, 4) is 5.75 Å². The number of alkyl halides is 1. The molecule has 0 unspecified atom stereocenters. The number of benzene rings is 1. The van der Waals surface area contributed by atoms with Gasteiger partial charge >= 0.3 is 0 Å². The molecule has 1 rings (SSSR count). The zero-order valence-corrected chi connectivity index (χ0v) is 10.3. The van der Waals surface area contributed by atoms with E-state index in [9.17, 15) is 4.39 Å². The lowest BCUT2D eigenvalue weighted by atomic mass is 10.2. The molecular weight excluding hydrogens is 261 g/mol. The van der Waals surface area contributed by atoms with Crippen molar-refractivity contribution in [1.29, 1.82) is 0 Å². The summed E-state index contributed by atoms with van der Waals surface area (Å²) in [5.74, 6) is 0.845. The van der Waals surface area contributed by atoms with E-state index in [1.54, 1.807) is 7.11 Å². The largest absolute Gasteiger partial charge is 0.496 e. The Morgan fingerprint density at radius 3 is 2.93 bits per heavy atom. The van der Waals surface area contributed by atoms with Crippen LogP contribution in [0.4, 0.5) is 4.39 Å². The highest BCUT2D eigenvalue weighted by Gasteiger charge is 2.02. The predicted molar refractivity (Wildman–Crippen MR) is 63.0 cm³/mol. The third-order valence-corrected chi connectivity index (χ3v) is 2.55. The second-order valence-corrected chi connectivity index (χ2v) is 4.09. The number of halogens is 2. The van der Waals surface area contributed by atoms with Crippen molar-refractivity contribution in [1.82, 2.24) is 5.32 Å². The predicted octanol–water partition coefficient (Wildman–Crippen LogP) is 2.91. The summed E-state index contributed by atoms with van der Waals surface area (Å²) in [6, 6.07) is 5.88. The van der Waals surface area contributed by atoms with Crippen molar-refractivity contribution in [2.24, 2.45) is 0 Å². The molecule has 0 heterocycles. The van der Waals surface area contributed by atoms with Crippen molar-refractivity contribution >= 4 is 15.9 Å². The fourth-order valence-electron chi connectivity index (χ4n) is 1.28. The Balaban J connectivity index is 2.52. The highest BCUT2D eigenvalue weighted by atomic mass is 79.9. The Morgan fingerprint density at radius 1 is 1.47 bits per heavy atom. The summed E-state index contributed by atoms with van der Waals surface area (Å²) in [6.07, 6.45) is 0.554. The van der Waals surface area contributed by atoms with Gasteiger partial charge in [0, 0.05) is 16.6 Å². The molecule has 0 aliphatic carbocycles. The number of nitrogens with one attached hydrogen (secondary N) is 1. The minimum absolute atomic E-state index is 0.273. The van der Waals surface area contributed by atoms with Crippen LogP contribution < -0.4 is 10.1 Å². The summed E-state index contributed by atoms with van der Waals surface area (Å²) in [4.78, 5) is 0. The van der Waals surface area contributed by atoms with Crippen molar-refractivity contribution in [2.45, 2.75) is 13.0 Å². The maximum atomic E-state index is 11.8. The van der Waals surface area contributed by atoms with E-state index >= 15 is 0 Å². The molecule has 84 valence electrons. The summed E-state index contributed by atoms with van der Waals surface area (Å²) in [5, 5.41) is 3.16. The third kappa shape index (κ3) is 4.18. The summed E-state index contributed by atoms with van der Waals surface area (Å²) in [7, 11) is 1.65. The van der Waals surface area contributed by atoms with Gasteiger partial charge < -0.3 is 10.1 Å². The second-order valence-electron chi connectivity index (χ2n) is 3.18. The number of rotatable bonds is 6. The number of methoxy groups -OCH3 is 1. The molecule has 0 spiro atoms. The zero-order valence-electron chi connectivity index (χ0n) is 8.72. The van der Waals surface area contributed by atoms with Crippen LogP contribution in [0, 0.1) is 0 Å². The average molecular weight is 276 g/mol. The summed E-state index contributed by atoms with van der Waals surface area (Å²) >= 11 is 3.38. The van der Waals surface area contributed by atoms with Crippen molar-refractivity contribution in [2.75, 3.05) is 20.3 Å². The lowest BCUT2D eigenvalue weighted by Gasteiger charge is -2.09. The van der Waals surface area contributed by atoms with E-state index in [1.165, 1.54) is 0 Å². The topological polar surface area (TPSA) is 21.3 Å². The fourth-order valence-corrected chi connectivity index (χ4v) is 1.62. The molecule has 1 aromatic rings. The maximum absolute atomic E-state index is 11.8. The zero-order chi connectivity index (χ0) is 11.1. The minimum atomic E-state index is -0.273. The van der Waals surface area contributed by atoms with Crippen molar-refractivity contribution in [3.63, 3.8) is 0 Å². The van der Waals surface area contributed by atoms with Gasteiger partial charge in [-0.15, -0.1) is 0 Å². The van der Waals surface area contributed by atoms with Gasteiger partial charge in [-0.25, -0.2) is 0 Å². The smallest absolute Gasteiger partial charge is 0.124 e. The van der Waals surface area contributed by atoms with Gasteiger partial charge in [0.2, 0.25) is 0 Å². The van der Waals surface area contributed by atoms with Crippen LogP contribution in [-0.4, -0.2) is 20.3 Å². The number of ether oxygens (including phenoxy) is 1. The van der Waals surface area contributed by atoms with E-state index in [1.807, 2.05) is 18.2 Å². The van der Waals surface area contributed by atoms with Crippen LogP contribution in [0.15, 0.2) is 22.7 Å². The second kappa shape index (κ2) is 6.80. The van der Waals surface area contributed by atoms with E-state index < -0.39 is 0 Å². The lowest BCUT2D eigenvalue weighted by Crippen LogP contribution is -2.15. The Hall–Kier alpha value is -0.610. The molecule has 0 aromatic heterocycles. The summed E-state index contributed by atoms with van der Waals surface area (Å²) in [6.45, 7) is 1.12. The molecule has 2 nitrogen and oxygen atoms in total. The van der Waals surface area contributed by atoms with E-state index in [-0.39, 0.29) is 6.67 Å². The van der Waals surface area contributed by atoms with E-state index in [2.05, 4.69) is 21.2 Å². The Labute approximate surface area is 98.0 Å². The van der Waals surface area contributed by atoms with E-state index in [4.69, 9.17) is 4.74 Å². The molecule has 0 atom stereocenters. The molecule has 0 fully saturated rings. The van der Waals surface area contributed by atoms with Crippen LogP contribution >= 0.6 is 15.9 Å². The van der Waals surface area contributed by atoms with Gasteiger partial charge in [-0.05, 0) is 25.1 Å². The molecular formula is C11H15BrFNO. The van der Waals surface area contributed by atoms with Crippen molar-refractivity contribution < 1.29 is 9.13 Å². The monoisotopic (exact) mass is 275 g/mol. The molecule has 0 saturated carbocycles. The number of hydrogen-bond acceptors (Lipinski definition) is 2. The molecule has 0 radical (unpaired) electrons. The van der Waals surface area contributed by atoms with Gasteiger partial charge in [0.15, 0.2) is 0 Å². The van der Waals surface area contributed by atoms with Crippen LogP contribution in [-0.2, 0) is 6.54 Å². The third-order valence-electron chi connectivity index (χ3n) is 2.05. The maximum Gasteiger partial charge on any atom is 0.124 e. The standard InChI is InChI=1S/C11H15BrFNO/c1-15-11-7-10(12)4-3-9(11)8-14-6-2-5-13/h3-4,7,14H,2,5-6,8H2,1H3. The van der Waals surface area contributed by atoms with Gasteiger partial charge in [-0.3, -0.25) is 4.39 Å². The van der Waals surface area contributed by atoms with Gasteiger partial charge in [-0.2, -0.15) is 0 Å². The Morgan fingerprint density at radius 2 is 2.27 bits per heavy atom. The van der Waals surface area contributed by atoms with Gasteiger partial charge in [0.05, 0.1) is 13.8 Å². The minimum Gasteiger partial charge on any atom is -0.496 e. The van der Waals surface area contributed by atoms with Crippen LogP contribution in [0.1, 0.15) is 12.0 Å². The van der Waals surface area contributed by atoms with Crippen LogP contribution in [0.3, 0.4) is 0 Å². The van der Waals surface area contributed by atoms with Gasteiger partial charge in [0.25, 0.3) is 0 Å². The highest BCUT2D eigenvalue weighted by Crippen LogP contribution is 2.23. The van der Waals surface area contributed by atoms with Crippen LogP contribution in [0.2, 0.25) is 0 Å².